The Kier molecular flexibility index (Phi) is 3.33. The van der Waals surface area contributed by atoms with Crippen LogP contribution in [0, 0.1) is 0 Å². The number of hydrogen-bond donors (Lipinski definition) is 3. The molecule has 0 aliphatic carbocycles. The Balaban J connectivity index is 1.82. The van der Waals surface area contributed by atoms with Gasteiger partial charge in [-0.25, -0.2) is 4.98 Å². The molecule has 1 aliphatic heterocycles. The molecule has 0 saturated carbocycles. The van der Waals surface area contributed by atoms with E-state index in [2.05, 4.69) is 15.3 Å². The van der Waals surface area contributed by atoms with Crippen LogP contribution in [0.1, 0.15) is 19.3 Å². The minimum Gasteiger partial charge on any atom is -0.399 e. The molecule has 1 aromatic heterocycles. The summed E-state index contributed by atoms with van der Waals surface area (Å²) in [7, 11) is 0. The summed E-state index contributed by atoms with van der Waals surface area (Å²) in [6.07, 6.45) is 3.03. The highest BCUT2D eigenvalue weighted by atomic mass is 32.2. The van der Waals surface area contributed by atoms with Crippen LogP contribution in [-0.4, -0.2) is 27.7 Å². The second-order valence-electron chi connectivity index (χ2n) is 4.71. The third kappa shape index (κ3) is 2.68. The molecule has 1 atom stereocenters. The van der Waals surface area contributed by atoms with E-state index in [4.69, 9.17) is 5.73 Å². The van der Waals surface area contributed by atoms with E-state index in [-0.39, 0.29) is 11.2 Å². The number of carbonyl (C=O) groups excluding carboxylic acids is 1. The number of carbonyl (C=O) groups is 1. The first-order valence-corrected chi connectivity index (χ1v) is 7.30. The molecule has 1 amide bonds. The SMILES string of the molecule is Nc1ccc2nc(SC3CCCCNC3=O)[nH]c2c1. The van der Waals surface area contributed by atoms with E-state index in [9.17, 15) is 4.79 Å². The van der Waals surface area contributed by atoms with E-state index < -0.39 is 0 Å². The van der Waals surface area contributed by atoms with E-state index in [1.54, 1.807) is 0 Å². The lowest BCUT2D eigenvalue weighted by Gasteiger charge is -2.09. The van der Waals surface area contributed by atoms with Crippen molar-refractivity contribution >= 4 is 34.4 Å². The second kappa shape index (κ2) is 5.13. The van der Waals surface area contributed by atoms with Crippen LogP contribution < -0.4 is 11.1 Å². The Hall–Kier alpha value is -1.69. The van der Waals surface area contributed by atoms with E-state index in [1.807, 2.05) is 18.2 Å². The quantitative estimate of drug-likeness (QED) is 0.732. The number of amides is 1. The van der Waals surface area contributed by atoms with Crippen molar-refractivity contribution in [2.24, 2.45) is 0 Å². The third-order valence-corrected chi connectivity index (χ3v) is 4.37. The van der Waals surface area contributed by atoms with Gasteiger partial charge in [-0.15, -0.1) is 0 Å². The Morgan fingerprint density at radius 2 is 2.26 bits per heavy atom. The van der Waals surface area contributed by atoms with E-state index in [0.717, 1.165) is 42.0 Å². The van der Waals surface area contributed by atoms with Gasteiger partial charge in [0.05, 0.1) is 16.3 Å². The van der Waals surface area contributed by atoms with Crippen molar-refractivity contribution in [2.75, 3.05) is 12.3 Å². The maximum Gasteiger partial charge on any atom is 0.233 e. The van der Waals surface area contributed by atoms with Gasteiger partial charge in [-0.3, -0.25) is 4.79 Å². The predicted octanol–water partition coefficient (Wildman–Crippen LogP) is 1.91. The van der Waals surface area contributed by atoms with Gasteiger partial charge < -0.3 is 16.0 Å². The standard InChI is InChI=1S/C13H16N4OS/c14-8-4-5-9-10(7-8)17-13(16-9)19-11-3-1-2-6-15-12(11)18/h4-5,7,11H,1-3,6,14H2,(H,15,18)(H,16,17). The zero-order valence-electron chi connectivity index (χ0n) is 10.5. The number of nitrogens with zero attached hydrogens (tertiary/aromatic N) is 1. The molecule has 2 heterocycles. The number of H-pyrrole nitrogens is 1. The van der Waals surface area contributed by atoms with E-state index in [0.29, 0.717) is 5.69 Å². The van der Waals surface area contributed by atoms with E-state index >= 15 is 0 Å². The maximum absolute atomic E-state index is 11.9. The minimum absolute atomic E-state index is 0.0552. The average Bonchev–Trinajstić information content (AvgIpc) is 2.66. The summed E-state index contributed by atoms with van der Waals surface area (Å²) in [5.74, 6) is 0.113. The highest BCUT2D eigenvalue weighted by molar-refractivity contribution is 8.00. The molecule has 5 nitrogen and oxygen atoms in total. The first-order chi connectivity index (χ1) is 9.22. The van der Waals surface area contributed by atoms with E-state index in [1.165, 1.54) is 11.8 Å². The largest absolute Gasteiger partial charge is 0.399 e. The van der Waals surface area contributed by atoms with Gasteiger partial charge in [-0.05, 0) is 31.0 Å². The average molecular weight is 276 g/mol. The van der Waals surface area contributed by atoms with Crippen LogP contribution in [0.2, 0.25) is 0 Å². The number of hydrogen-bond acceptors (Lipinski definition) is 4. The van der Waals surface area contributed by atoms with Crippen LogP contribution >= 0.6 is 11.8 Å². The van der Waals surface area contributed by atoms with Crippen LogP contribution in [-0.2, 0) is 4.79 Å². The number of aromatic nitrogens is 2. The van der Waals surface area contributed by atoms with Gasteiger partial charge in [0, 0.05) is 12.2 Å². The number of fused-ring (bicyclic) bond motifs is 1. The number of nitrogens with two attached hydrogens (primary N) is 1. The number of benzene rings is 1. The molecule has 1 aromatic carbocycles. The molecule has 3 rings (SSSR count). The Morgan fingerprint density at radius 3 is 3.16 bits per heavy atom. The number of nitrogens with one attached hydrogen (secondary N) is 2. The van der Waals surface area contributed by atoms with Crippen molar-refractivity contribution in [3.05, 3.63) is 18.2 Å². The van der Waals surface area contributed by atoms with Gasteiger partial charge in [-0.1, -0.05) is 18.2 Å². The molecule has 0 spiro atoms. The molecule has 0 bridgehead atoms. The molecule has 2 aromatic rings. The third-order valence-electron chi connectivity index (χ3n) is 3.22. The molecule has 6 heteroatoms. The van der Waals surface area contributed by atoms with Crippen molar-refractivity contribution in [2.45, 2.75) is 29.7 Å². The highest BCUT2D eigenvalue weighted by Crippen LogP contribution is 2.28. The number of anilines is 1. The lowest BCUT2D eigenvalue weighted by Crippen LogP contribution is -2.30. The van der Waals surface area contributed by atoms with Crippen LogP contribution in [0.4, 0.5) is 5.69 Å². The molecule has 1 aliphatic rings. The molecule has 4 N–H and O–H groups in total. The summed E-state index contributed by atoms with van der Waals surface area (Å²) in [5.41, 5.74) is 8.24. The van der Waals surface area contributed by atoms with Crippen LogP contribution in [0.15, 0.2) is 23.4 Å². The van der Waals surface area contributed by atoms with Gasteiger partial charge in [0.1, 0.15) is 0 Å². The predicted molar refractivity (Wildman–Crippen MR) is 77.0 cm³/mol. The van der Waals surface area contributed by atoms with Crippen LogP contribution in [0.3, 0.4) is 0 Å². The fourth-order valence-electron chi connectivity index (χ4n) is 2.22. The smallest absolute Gasteiger partial charge is 0.233 e. The zero-order chi connectivity index (χ0) is 13.2. The van der Waals surface area contributed by atoms with Crippen molar-refractivity contribution in [3.8, 4) is 0 Å². The molecular formula is C13H16N4OS. The fraction of sp³-hybridized carbons (Fsp3) is 0.385. The van der Waals surface area contributed by atoms with Crippen molar-refractivity contribution in [1.82, 2.24) is 15.3 Å². The zero-order valence-corrected chi connectivity index (χ0v) is 11.3. The molecular weight excluding hydrogens is 260 g/mol. The topological polar surface area (TPSA) is 83.8 Å². The van der Waals surface area contributed by atoms with Gasteiger partial charge >= 0.3 is 0 Å². The number of rotatable bonds is 2. The summed E-state index contributed by atoms with van der Waals surface area (Å²) in [6.45, 7) is 0.784. The number of aromatic amines is 1. The molecule has 100 valence electrons. The van der Waals surface area contributed by atoms with Crippen LogP contribution in [0.25, 0.3) is 11.0 Å². The molecule has 1 fully saturated rings. The summed E-state index contributed by atoms with van der Waals surface area (Å²) >= 11 is 1.50. The number of nitrogen functional groups attached to an aromatic ring is 1. The van der Waals surface area contributed by atoms with Crippen molar-refractivity contribution in [1.29, 1.82) is 0 Å². The molecule has 0 radical (unpaired) electrons. The number of thioether (sulfide) groups is 1. The summed E-state index contributed by atoms with van der Waals surface area (Å²) in [4.78, 5) is 19.6. The maximum atomic E-state index is 11.9. The van der Waals surface area contributed by atoms with Crippen molar-refractivity contribution < 1.29 is 4.79 Å². The lowest BCUT2D eigenvalue weighted by molar-refractivity contribution is -0.120. The van der Waals surface area contributed by atoms with Crippen LogP contribution in [0.5, 0.6) is 0 Å². The summed E-state index contributed by atoms with van der Waals surface area (Å²) in [6, 6.07) is 5.58. The van der Waals surface area contributed by atoms with Gasteiger partial charge in [-0.2, -0.15) is 0 Å². The highest BCUT2D eigenvalue weighted by Gasteiger charge is 2.23. The van der Waals surface area contributed by atoms with Gasteiger partial charge in [0.2, 0.25) is 5.91 Å². The first-order valence-electron chi connectivity index (χ1n) is 6.42. The Morgan fingerprint density at radius 1 is 1.37 bits per heavy atom. The fourth-order valence-corrected chi connectivity index (χ4v) is 3.28. The molecule has 1 saturated heterocycles. The van der Waals surface area contributed by atoms with Gasteiger partial charge in [0.15, 0.2) is 5.16 Å². The van der Waals surface area contributed by atoms with Crippen molar-refractivity contribution in [3.63, 3.8) is 0 Å². The Labute approximate surface area is 115 Å². The lowest BCUT2D eigenvalue weighted by atomic mass is 10.2. The Bertz CT molecular complexity index is 610. The second-order valence-corrected chi connectivity index (χ2v) is 5.90. The first kappa shape index (κ1) is 12.3. The number of imidazole rings is 1. The molecule has 1 unspecified atom stereocenters. The minimum atomic E-state index is -0.0552. The summed E-state index contributed by atoms with van der Waals surface area (Å²) in [5, 5.41) is 3.66. The monoisotopic (exact) mass is 276 g/mol. The summed E-state index contributed by atoms with van der Waals surface area (Å²) < 4.78 is 0. The molecule has 19 heavy (non-hydrogen) atoms. The normalized spacial score (nSPS) is 20.2. The van der Waals surface area contributed by atoms with Gasteiger partial charge in [0.25, 0.3) is 0 Å².